The number of cyclic esters (lactones) is 1. The van der Waals surface area contributed by atoms with E-state index >= 15 is 19.2 Å². The van der Waals surface area contributed by atoms with Gasteiger partial charge >= 0.3 is 12.0 Å². The summed E-state index contributed by atoms with van der Waals surface area (Å²) in [6.07, 6.45) is 5.18. The van der Waals surface area contributed by atoms with Crippen LogP contribution in [0.3, 0.4) is 0 Å². The molecule has 1 aromatic heterocycles. The molecular weight excluding hydrogens is 923 g/mol. The molecule has 0 saturated carbocycles. The van der Waals surface area contributed by atoms with Gasteiger partial charge in [-0.05, 0) is 108 Å². The number of carbonyl (C=O) groups is 4. The van der Waals surface area contributed by atoms with Gasteiger partial charge < -0.3 is 25.2 Å². The number of ether oxygens (including phenoxy) is 2. The molecule has 7 atom stereocenters. The van der Waals surface area contributed by atoms with Crippen molar-refractivity contribution in [3.8, 4) is 17.6 Å². The number of imide groups is 1. The molecule has 6 aromatic carbocycles. The second-order valence-electron chi connectivity index (χ2n) is 18.6. The van der Waals surface area contributed by atoms with Gasteiger partial charge in [-0.3, -0.25) is 19.3 Å². The number of aromatic nitrogens is 1. The van der Waals surface area contributed by atoms with Crippen LogP contribution in [0, 0.1) is 17.8 Å². The van der Waals surface area contributed by atoms with E-state index in [-0.39, 0.29) is 24.0 Å². The Bertz CT molecular complexity index is 3250. The molecular formula is C59H51N5O7S. The van der Waals surface area contributed by atoms with Gasteiger partial charge in [0.05, 0.1) is 46.6 Å². The van der Waals surface area contributed by atoms with Crippen LogP contribution in [0.2, 0.25) is 0 Å². The smallest absolute Gasteiger partial charge is 0.329 e. The fraction of sp³-hybridized carbons (Fsp3) is 0.237. The molecule has 2 saturated heterocycles. The first-order chi connectivity index (χ1) is 35.2. The molecule has 360 valence electrons. The highest BCUT2D eigenvalue weighted by atomic mass is 32.1. The van der Waals surface area contributed by atoms with E-state index in [1.165, 1.54) is 11.3 Å². The Morgan fingerprint density at radius 1 is 0.833 bits per heavy atom. The maximum absolute atomic E-state index is 16.8. The molecule has 13 heteroatoms. The van der Waals surface area contributed by atoms with Crippen LogP contribution in [0.15, 0.2) is 169 Å². The van der Waals surface area contributed by atoms with Gasteiger partial charge in [0.15, 0.2) is 5.13 Å². The first-order valence-electron chi connectivity index (χ1n) is 24.4. The second kappa shape index (κ2) is 19.7. The number of hydrogen-bond donors (Lipinski definition) is 3. The van der Waals surface area contributed by atoms with E-state index in [1.807, 2.05) is 145 Å². The predicted octanol–water partition coefficient (Wildman–Crippen LogP) is 10.3. The Morgan fingerprint density at radius 2 is 1.54 bits per heavy atom. The summed E-state index contributed by atoms with van der Waals surface area (Å²) in [6, 6.07) is 44.1. The van der Waals surface area contributed by atoms with Crippen LogP contribution < -0.4 is 20.3 Å². The number of benzene rings is 6. The number of morpholine rings is 1. The third-order valence-electron chi connectivity index (χ3n) is 14.3. The summed E-state index contributed by atoms with van der Waals surface area (Å²) in [6.45, 7) is 1.69. The molecule has 1 spiro atoms. The first kappa shape index (κ1) is 46.5. The number of aliphatic hydroxyl groups excluding tert-OH is 1. The minimum absolute atomic E-state index is 0.0493. The highest BCUT2D eigenvalue weighted by molar-refractivity contribution is 7.22. The third-order valence-corrected chi connectivity index (χ3v) is 15.3. The molecule has 3 aliphatic heterocycles. The average molecular weight is 974 g/mol. The molecule has 11 rings (SSSR count). The van der Waals surface area contributed by atoms with Crippen LogP contribution in [0.25, 0.3) is 10.2 Å². The number of esters is 1. The van der Waals surface area contributed by atoms with E-state index in [0.29, 0.717) is 33.5 Å². The monoisotopic (exact) mass is 973 g/mol. The summed E-state index contributed by atoms with van der Waals surface area (Å²) in [5.41, 5.74) is 3.74. The third kappa shape index (κ3) is 8.31. The van der Waals surface area contributed by atoms with E-state index < -0.39 is 65.4 Å². The zero-order chi connectivity index (χ0) is 49.3. The molecule has 4 aliphatic rings. The largest absolute Gasteiger partial charge is 0.491 e. The normalized spacial score (nSPS) is 22.8. The predicted molar refractivity (Wildman–Crippen MR) is 276 cm³/mol. The minimum atomic E-state index is -2.01. The first-order valence-corrected chi connectivity index (χ1v) is 25.2. The number of urea groups is 1. The molecule has 7 aromatic rings. The molecule has 72 heavy (non-hydrogen) atoms. The SMILES string of the molecule is C[C@@H](NC(=O)N1C(=O)[C@@]2(c3cc(C#CC4=CCCCC4)ccc31)[C@H](c1ccc(OCCO)cc1)N1[C@H](c3ccccc3)[C@H](c3ccccc3)OC(=O)[C@H]1[C@@H]2C(=O)Nc1nc2ccccc2s1)c1ccccc1. The summed E-state index contributed by atoms with van der Waals surface area (Å²) in [7, 11) is 0. The topological polar surface area (TPSA) is 150 Å². The van der Waals surface area contributed by atoms with Gasteiger partial charge in [-0.25, -0.2) is 14.7 Å². The molecule has 1 aliphatic carbocycles. The number of amides is 4. The van der Waals surface area contributed by atoms with E-state index in [4.69, 9.17) is 14.5 Å². The Morgan fingerprint density at radius 3 is 2.25 bits per heavy atom. The van der Waals surface area contributed by atoms with Crippen molar-refractivity contribution in [1.82, 2.24) is 15.2 Å². The number of para-hydroxylation sites is 1. The maximum Gasteiger partial charge on any atom is 0.329 e. The Labute approximate surface area is 421 Å². The van der Waals surface area contributed by atoms with Crippen LogP contribution in [0.5, 0.6) is 5.75 Å². The maximum atomic E-state index is 16.8. The second-order valence-corrected chi connectivity index (χ2v) is 19.6. The van der Waals surface area contributed by atoms with Crippen LogP contribution in [0.1, 0.15) is 90.2 Å². The van der Waals surface area contributed by atoms with Crippen molar-refractivity contribution in [2.24, 2.45) is 5.92 Å². The van der Waals surface area contributed by atoms with E-state index in [0.717, 1.165) is 52.0 Å². The van der Waals surface area contributed by atoms with E-state index in [9.17, 15) is 5.11 Å². The molecule has 3 N–H and O–H groups in total. The van der Waals surface area contributed by atoms with E-state index in [1.54, 1.807) is 24.3 Å². The van der Waals surface area contributed by atoms with Crippen molar-refractivity contribution in [2.75, 3.05) is 23.4 Å². The average Bonchev–Trinajstić information content (AvgIpc) is 4.06. The molecule has 4 heterocycles. The van der Waals surface area contributed by atoms with Crippen LogP contribution in [-0.2, 0) is 24.5 Å². The molecule has 2 fully saturated rings. The number of hydrogen-bond acceptors (Lipinski definition) is 10. The molecule has 4 amide bonds. The molecule has 12 nitrogen and oxygen atoms in total. The van der Waals surface area contributed by atoms with Gasteiger partial charge in [0.1, 0.15) is 29.9 Å². The fourth-order valence-electron chi connectivity index (χ4n) is 11.2. The standard InChI is InChI=1S/C59H51N5O7S/c1-37(40-18-8-3-9-19-40)60-58(69)63-47-33-28-39(27-26-38-16-6-2-7-17-38)36-45(47)59(56(63)68)49(54(66)62-57-61-46-24-14-15-25-48(46)72-57)51-55(67)71-52(42-22-12-5-13-23-42)50(41-20-10-4-11-21-41)64(51)53(59)43-29-31-44(32-30-43)70-35-34-65/h3-5,8-16,18-25,28-33,36-37,49-53,65H,2,6-7,17,34-35H2,1H3,(H,60,69)(H,61,62,66)/t37-,49-,50-,51-,52+,53+,59-/m1/s1. The molecule has 0 unspecified atom stereocenters. The lowest BCUT2D eigenvalue weighted by Crippen LogP contribution is -2.55. The zero-order valence-corrected chi connectivity index (χ0v) is 40.3. The van der Waals surface area contributed by atoms with Crippen LogP contribution in [0.4, 0.5) is 15.6 Å². The van der Waals surface area contributed by atoms with Crippen LogP contribution >= 0.6 is 11.3 Å². The lowest BCUT2D eigenvalue weighted by atomic mass is 9.65. The van der Waals surface area contributed by atoms with Crippen molar-refractivity contribution in [2.45, 2.75) is 68.3 Å². The van der Waals surface area contributed by atoms with Crippen molar-refractivity contribution in [3.63, 3.8) is 0 Å². The van der Waals surface area contributed by atoms with Gasteiger partial charge in [0, 0.05) is 5.56 Å². The van der Waals surface area contributed by atoms with Crippen molar-refractivity contribution in [3.05, 3.63) is 203 Å². The van der Waals surface area contributed by atoms with Gasteiger partial charge in [-0.2, -0.15) is 0 Å². The van der Waals surface area contributed by atoms with Crippen LogP contribution in [-0.4, -0.2) is 58.1 Å². The summed E-state index contributed by atoms with van der Waals surface area (Å²) in [4.78, 5) is 71.6. The number of anilines is 2. The summed E-state index contributed by atoms with van der Waals surface area (Å²) < 4.78 is 13.4. The van der Waals surface area contributed by atoms with Gasteiger partial charge in [0.2, 0.25) is 11.8 Å². The number of carbonyl (C=O) groups excluding carboxylic acids is 4. The number of nitrogens with one attached hydrogen (secondary N) is 2. The fourth-order valence-corrected chi connectivity index (χ4v) is 12.1. The number of nitrogens with zero attached hydrogens (tertiary/aromatic N) is 3. The lowest BCUT2D eigenvalue weighted by molar-refractivity contribution is -0.177. The van der Waals surface area contributed by atoms with Crippen molar-refractivity contribution < 1.29 is 33.8 Å². The number of thiazole rings is 1. The number of rotatable bonds is 10. The number of fused-ring (bicyclic) bond motifs is 4. The van der Waals surface area contributed by atoms with Crippen molar-refractivity contribution >= 4 is 56.2 Å². The number of aliphatic hydroxyl groups is 1. The highest BCUT2D eigenvalue weighted by Crippen LogP contribution is 2.66. The molecule has 0 radical (unpaired) electrons. The van der Waals surface area contributed by atoms with Gasteiger partial charge in [-0.1, -0.05) is 145 Å². The van der Waals surface area contributed by atoms with Crippen molar-refractivity contribution in [1.29, 1.82) is 0 Å². The summed E-state index contributed by atoms with van der Waals surface area (Å²) in [5, 5.41) is 16.1. The Kier molecular flexibility index (Phi) is 12.7. The quantitative estimate of drug-likeness (QED) is 0.0899. The highest BCUT2D eigenvalue weighted by Gasteiger charge is 2.75. The van der Waals surface area contributed by atoms with Gasteiger partial charge in [-0.15, -0.1) is 0 Å². The number of allylic oxidation sites excluding steroid dienone is 2. The van der Waals surface area contributed by atoms with E-state index in [2.05, 4.69) is 28.6 Å². The zero-order valence-electron chi connectivity index (χ0n) is 39.4. The Balaban J connectivity index is 1.19. The summed E-state index contributed by atoms with van der Waals surface area (Å²) >= 11 is 1.28. The Hall–Kier alpha value is -7.89. The minimum Gasteiger partial charge on any atom is -0.491 e. The summed E-state index contributed by atoms with van der Waals surface area (Å²) in [5.74, 6) is 3.63. The van der Waals surface area contributed by atoms with Gasteiger partial charge in [0.25, 0.3) is 0 Å². The lowest BCUT2D eigenvalue weighted by Gasteiger charge is -2.46. The molecule has 0 bridgehead atoms.